The Morgan fingerprint density at radius 3 is 2.35 bits per heavy atom. The van der Waals surface area contributed by atoms with E-state index in [0.29, 0.717) is 6.42 Å². The number of carboxylic acid groups (broad SMARTS) is 1. The van der Waals surface area contributed by atoms with Gasteiger partial charge in [-0.15, -0.1) is 0 Å². The summed E-state index contributed by atoms with van der Waals surface area (Å²) in [5.41, 5.74) is 0. The molecule has 0 bridgehead atoms. The first-order chi connectivity index (χ1) is 10.9. The van der Waals surface area contributed by atoms with E-state index in [-0.39, 0.29) is 6.42 Å². The molecule has 0 radical (unpaired) electrons. The number of carbonyl (C=O) groups is 1. The lowest BCUT2D eigenvalue weighted by Crippen LogP contribution is -2.58. The summed E-state index contributed by atoms with van der Waals surface area (Å²) in [5, 5.41) is 38.4. The number of rotatable bonds is 10. The molecule has 7 nitrogen and oxygen atoms in total. The van der Waals surface area contributed by atoms with Crippen molar-refractivity contribution in [3.63, 3.8) is 0 Å². The van der Waals surface area contributed by atoms with Crippen LogP contribution >= 0.6 is 0 Å². The van der Waals surface area contributed by atoms with Gasteiger partial charge in [-0.2, -0.15) is 0 Å². The fourth-order valence-electron chi connectivity index (χ4n) is 2.70. The second-order valence-electron chi connectivity index (χ2n) is 6.24. The predicted molar refractivity (Wildman–Crippen MR) is 82.9 cm³/mol. The SMILES string of the molecule is CCCCCCCC(CC(=O)O)O[C@H]1O[C@@H](C)[C@H](O)[C@@H](O)[C@H]1O. The third kappa shape index (κ3) is 6.73. The molecule has 7 heteroatoms. The van der Waals surface area contributed by atoms with Crippen LogP contribution in [0.15, 0.2) is 0 Å². The molecule has 0 amide bonds. The highest BCUT2D eigenvalue weighted by Gasteiger charge is 2.43. The number of aliphatic carboxylic acids is 1. The molecule has 1 fully saturated rings. The monoisotopic (exact) mass is 334 g/mol. The highest BCUT2D eigenvalue weighted by molar-refractivity contribution is 5.67. The zero-order chi connectivity index (χ0) is 17.4. The third-order valence-corrected chi connectivity index (χ3v) is 4.17. The number of hydrogen-bond donors (Lipinski definition) is 4. The van der Waals surface area contributed by atoms with E-state index in [2.05, 4.69) is 6.92 Å². The molecule has 0 aromatic rings. The number of aliphatic hydroxyl groups is 3. The smallest absolute Gasteiger partial charge is 0.305 e. The first kappa shape index (κ1) is 20.3. The summed E-state index contributed by atoms with van der Waals surface area (Å²) >= 11 is 0. The van der Waals surface area contributed by atoms with Crippen LogP contribution in [0.4, 0.5) is 0 Å². The Kier molecular flexibility index (Phi) is 9.01. The van der Waals surface area contributed by atoms with E-state index in [1.165, 1.54) is 0 Å². The van der Waals surface area contributed by atoms with Crippen LogP contribution in [0, 0.1) is 0 Å². The van der Waals surface area contributed by atoms with Crippen molar-refractivity contribution in [3.05, 3.63) is 0 Å². The zero-order valence-corrected chi connectivity index (χ0v) is 13.9. The van der Waals surface area contributed by atoms with Crippen molar-refractivity contribution in [2.75, 3.05) is 0 Å². The van der Waals surface area contributed by atoms with Crippen molar-refractivity contribution in [1.82, 2.24) is 0 Å². The molecule has 136 valence electrons. The van der Waals surface area contributed by atoms with E-state index in [1.807, 2.05) is 0 Å². The van der Waals surface area contributed by atoms with Crippen LogP contribution in [0.25, 0.3) is 0 Å². The van der Waals surface area contributed by atoms with Gasteiger partial charge in [0, 0.05) is 0 Å². The number of hydrogen-bond acceptors (Lipinski definition) is 6. The van der Waals surface area contributed by atoms with Crippen molar-refractivity contribution >= 4 is 5.97 Å². The lowest BCUT2D eigenvalue weighted by Gasteiger charge is -2.40. The largest absolute Gasteiger partial charge is 0.481 e. The molecule has 0 saturated carbocycles. The zero-order valence-electron chi connectivity index (χ0n) is 13.9. The molecular weight excluding hydrogens is 304 g/mol. The van der Waals surface area contributed by atoms with Gasteiger partial charge in [0.15, 0.2) is 6.29 Å². The molecule has 1 unspecified atom stereocenters. The van der Waals surface area contributed by atoms with E-state index in [9.17, 15) is 20.1 Å². The van der Waals surface area contributed by atoms with Crippen LogP contribution in [0.2, 0.25) is 0 Å². The maximum absolute atomic E-state index is 11.0. The highest BCUT2D eigenvalue weighted by Crippen LogP contribution is 2.24. The molecule has 1 aliphatic heterocycles. The lowest BCUT2D eigenvalue weighted by molar-refractivity contribution is -0.304. The first-order valence-electron chi connectivity index (χ1n) is 8.43. The van der Waals surface area contributed by atoms with E-state index < -0.39 is 42.8 Å². The summed E-state index contributed by atoms with van der Waals surface area (Å²) in [7, 11) is 0. The van der Waals surface area contributed by atoms with Crippen LogP contribution in [-0.4, -0.2) is 63.2 Å². The van der Waals surface area contributed by atoms with Crippen molar-refractivity contribution in [1.29, 1.82) is 0 Å². The molecule has 0 aromatic carbocycles. The fraction of sp³-hybridized carbons (Fsp3) is 0.938. The van der Waals surface area contributed by atoms with Gasteiger partial charge in [-0.05, 0) is 13.3 Å². The molecule has 1 aliphatic rings. The first-order valence-corrected chi connectivity index (χ1v) is 8.43. The normalized spacial score (nSPS) is 32.7. The Labute approximate surface area is 137 Å². The van der Waals surface area contributed by atoms with Gasteiger partial charge >= 0.3 is 5.97 Å². The van der Waals surface area contributed by atoms with Crippen LogP contribution in [0.3, 0.4) is 0 Å². The minimum absolute atomic E-state index is 0.187. The lowest BCUT2D eigenvalue weighted by atomic mass is 9.99. The van der Waals surface area contributed by atoms with E-state index in [4.69, 9.17) is 14.6 Å². The van der Waals surface area contributed by atoms with Gasteiger partial charge in [0.05, 0.1) is 18.6 Å². The number of ether oxygens (including phenoxy) is 2. The molecular formula is C16H30O7. The number of carboxylic acids is 1. The minimum atomic E-state index is -1.41. The van der Waals surface area contributed by atoms with Gasteiger partial charge in [0.25, 0.3) is 0 Å². The summed E-state index contributed by atoms with van der Waals surface area (Å²) in [6.45, 7) is 3.69. The molecule has 1 heterocycles. The summed E-state index contributed by atoms with van der Waals surface area (Å²) in [5.74, 6) is -0.984. The molecule has 0 aromatic heterocycles. The van der Waals surface area contributed by atoms with Crippen molar-refractivity contribution in [2.24, 2.45) is 0 Å². The van der Waals surface area contributed by atoms with Gasteiger partial charge in [-0.3, -0.25) is 4.79 Å². The van der Waals surface area contributed by atoms with Gasteiger partial charge < -0.3 is 29.9 Å². The summed E-state index contributed by atoms with van der Waals surface area (Å²) in [6, 6.07) is 0. The molecule has 1 rings (SSSR count). The molecule has 0 aliphatic carbocycles. The molecule has 0 spiro atoms. The predicted octanol–water partition coefficient (Wildman–Crippen LogP) is 1.03. The van der Waals surface area contributed by atoms with Gasteiger partial charge in [-0.1, -0.05) is 39.0 Å². The average molecular weight is 334 g/mol. The number of unbranched alkanes of at least 4 members (excludes halogenated alkanes) is 4. The van der Waals surface area contributed by atoms with Crippen LogP contribution in [0.1, 0.15) is 58.8 Å². The van der Waals surface area contributed by atoms with Crippen LogP contribution in [-0.2, 0) is 14.3 Å². The Morgan fingerprint density at radius 1 is 1.09 bits per heavy atom. The minimum Gasteiger partial charge on any atom is -0.481 e. The fourth-order valence-corrected chi connectivity index (χ4v) is 2.70. The van der Waals surface area contributed by atoms with Crippen LogP contribution in [0.5, 0.6) is 0 Å². The standard InChI is InChI=1S/C16H30O7/c1-3-4-5-6-7-8-11(9-12(17)18)23-16-15(21)14(20)13(19)10(2)22-16/h10-11,13-16,19-21H,3-9H2,1-2H3,(H,17,18)/t10-,11?,13-,14+,15+,16+/m0/s1. The second-order valence-corrected chi connectivity index (χ2v) is 6.24. The Hall–Kier alpha value is -0.730. The summed E-state index contributed by atoms with van der Waals surface area (Å²) in [6.07, 6.45) is -0.829. The van der Waals surface area contributed by atoms with E-state index >= 15 is 0 Å². The maximum atomic E-state index is 11.0. The highest BCUT2D eigenvalue weighted by atomic mass is 16.7. The maximum Gasteiger partial charge on any atom is 0.305 e. The summed E-state index contributed by atoms with van der Waals surface area (Å²) < 4.78 is 10.9. The van der Waals surface area contributed by atoms with Gasteiger partial charge in [0.2, 0.25) is 0 Å². The number of aliphatic hydroxyl groups excluding tert-OH is 3. The van der Waals surface area contributed by atoms with Crippen LogP contribution < -0.4 is 0 Å². The second kappa shape index (κ2) is 10.2. The van der Waals surface area contributed by atoms with Gasteiger partial charge in [0.1, 0.15) is 18.3 Å². The Balaban J connectivity index is 2.52. The third-order valence-electron chi connectivity index (χ3n) is 4.17. The summed E-state index contributed by atoms with van der Waals surface area (Å²) in [4.78, 5) is 11.0. The molecule has 23 heavy (non-hydrogen) atoms. The molecule has 1 saturated heterocycles. The van der Waals surface area contributed by atoms with Crippen molar-refractivity contribution in [2.45, 2.75) is 95.6 Å². The average Bonchev–Trinajstić information content (AvgIpc) is 2.49. The van der Waals surface area contributed by atoms with Crippen molar-refractivity contribution < 1.29 is 34.7 Å². The Bertz CT molecular complexity index is 349. The topological polar surface area (TPSA) is 116 Å². The van der Waals surface area contributed by atoms with Crippen molar-refractivity contribution in [3.8, 4) is 0 Å². The quantitative estimate of drug-likeness (QED) is 0.441. The van der Waals surface area contributed by atoms with E-state index in [1.54, 1.807) is 6.92 Å². The molecule has 6 atom stereocenters. The Morgan fingerprint density at radius 2 is 1.74 bits per heavy atom. The van der Waals surface area contributed by atoms with E-state index in [0.717, 1.165) is 32.1 Å². The molecule has 4 N–H and O–H groups in total. The van der Waals surface area contributed by atoms with Gasteiger partial charge in [-0.25, -0.2) is 0 Å².